The normalized spacial score (nSPS) is 26.4. The summed E-state index contributed by atoms with van der Waals surface area (Å²) in [4.78, 5) is 13.5. The second-order valence-electron chi connectivity index (χ2n) is 5.43. The van der Waals surface area contributed by atoms with E-state index < -0.39 is 5.97 Å². The van der Waals surface area contributed by atoms with E-state index in [0.29, 0.717) is 6.04 Å². The maximum Gasteiger partial charge on any atom is 0.304 e. The summed E-state index contributed by atoms with van der Waals surface area (Å²) >= 11 is 5.52. The van der Waals surface area contributed by atoms with Gasteiger partial charge in [0.15, 0.2) is 0 Å². The van der Waals surface area contributed by atoms with Gasteiger partial charge >= 0.3 is 5.97 Å². The second-order valence-corrected chi connectivity index (χ2v) is 7.43. The molecular weight excluding hydrogens is 338 g/mol. The van der Waals surface area contributed by atoms with E-state index in [9.17, 15) is 4.79 Å². The number of carboxylic acids is 1. The van der Waals surface area contributed by atoms with E-state index in [1.165, 1.54) is 15.6 Å². The van der Waals surface area contributed by atoms with Crippen LogP contribution < -0.4 is 0 Å². The molecule has 3 nitrogen and oxygen atoms in total. The van der Waals surface area contributed by atoms with Crippen LogP contribution in [-0.4, -0.2) is 40.1 Å². The van der Waals surface area contributed by atoms with E-state index in [4.69, 9.17) is 5.11 Å². The summed E-state index contributed by atoms with van der Waals surface area (Å²) in [6.07, 6.45) is 2.45. The van der Waals surface area contributed by atoms with Crippen LogP contribution in [0, 0.1) is 0 Å². The molecule has 0 radical (unpaired) electrons. The zero-order valence-electron chi connectivity index (χ0n) is 11.2. The minimum atomic E-state index is -0.685. The molecule has 1 aromatic rings. The van der Waals surface area contributed by atoms with Crippen molar-refractivity contribution in [3.63, 3.8) is 0 Å². The largest absolute Gasteiger partial charge is 0.481 e. The van der Waals surface area contributed by atoms with Crippen LogP contribution in [0.2, 0.25) is 0 Å². The molecule has 1 aliphatic heterocycles. The summed E-state index contributed by atoms with van der Waals surface area (Å²) in [6, 6.07) is 6.96. The van der Waals surface area contributed by atoms with Crippen molar-refractivity contribution in [2.45, 2.75) is 31.3 Å². The third-order valence-corrected chi connectivity index (χ3v) is 6.10. The van der Waals surface area contributed by atoms with E-state index in [0.717, 1.165) is 30.9 Å². The quantitative estimate of drug-likeness (QED) is 0.902. The van der Waals surface area contributed by atoms with Crippen molar-refractivity contribution in [1.29, 1.82) is 0 Å². The number of hydrogen-bond donors (Lipinski definition) is 1. The van der Waals surface area contributed by atoms with E-state index in [1.54, 1.807) is 0 Å². The predicted molar refractivity (Wildman–Crippen MR) is 85.3 cm³/mol. The maximum atomic E-state index is 11.1. The van der Waals surface area contributed by atoms with Gasteiger partial charge in [0.1, 0.15) is 0 Å². The molecule has 108 valence electrons. The molecule has 1 aromatic carbocycles. The van der Waals surface area contributed by atoms with Crippen molar-refractivity contribution in [3.8, 4) is 0 Å². The van der Waals surface area contributed by atoms with Crippen LogP contribution in [0.4, 0.5) is 0 Å². The van der Waals surface area contributed by atoms with Crippen LogP contribution in [-0.2, 0) is 11.2 Å². The molecule has 2 unspecified atom stereocenters. The van der Waals surface area contributed by atoms with E-state index >= 15 is 0 Å². The molecule has 0 saturated carbocycles. The number of thioether (sulfide) groups is 1. The number of halogens is 1. The molecule has 3 rings (SSSR count). The lowest BCUT2D eigenvalue weighted by molar-refractivity contribution is -0.138. The summed E-state index contributed by atoms with van der Waals surface area (Å²) < 4.78 is 1.19. The molecule has 1 heterocycles. The molecule has 20 heavy (non-hydrogen) atoms. The average molecular weight is 356 g/mol. The van der Waals surface area contributed by atoms with Crippen molar-refractivity contribution in [3.05, 3.63) is 33.8 Å². The van der Waals surface area contributed by atoms with Gasteiger partial charge in [0.2, 0.25) is 0 Å². The summed E-state index contributed by atoms with van der Waals surface area (Å²) in [5, 5.41) is 9.12. The van der Waals surface area contributed by atoms with Crippen molar-refractivity contribution in [1.82, 2.24) is 4.90 Å². The van der Waals surface area contributed by atoms with Crippen LogP contribution >= 0.6 is 27.7 Å². The smallest absolute Gasteiger partial charge is 0.304 e. The minimum absolute atomic E-state index is 0.168. The topological polar surface area (TPSA) is 40.5 Å². The van der Waals surface area contributed by atoms with Crippen LogP contribution in [0.3, 0.4) is 0 Å². The van der Waals surface area contributed by atoms with Gasteiger partial charge in [-0.3, -0.25) is 9.69 Å². The second kappa shape index (κ2) is 6.08. The molecule has 2 aliphatic rings. The predicted octanol–water partition coefficient (Wildman–Crippen LogP) is 3.33. The highest BCUT2D eigenvalue weighted by atomic mass is 79.9. The third kappa shape index (κ3) is 2.76. The molecule has 1 fully saturated rings. The molecule has 5 heteroatoms. The Morgan fingerprint density at radius 3 is 3.15 bits per heavy atom. The van der Waals surface area contributed by atoms with Crippen LogP contribution in [0.1, 0.15) is 30.0 Å². The Kier molecular flexibility index (Phi) is 4.38. The number of hydrogen-bond acceptors (Lipinski definition) is 3. The number of carboxylic acid groups (broad SMARTS) is 1. The first kappa shape index (κ1) is 14.4. The Morgan fingerprint density at radius 2 is 2.35 bits per heavy atom. The molecule has 1 N–H and O–H groups in total. The fourth-order valence-corrected chi connectivity index (χ4v) is 5.06. The van der Waals surface area contributed by atoms with Crippen LogP contribution in [0.15, 0.2) is 22.7 Å². The maximum absolute atomic E-state index is 11.1. The van der Waals surface area contributed by atoms with E-state index in [2.05, 4.69) is 39.0 Å². The number of carbonyl (C=O) groups is 1. The Morgan fingerprint density at radius 1 is 1.50 bits per heavy atom. The fraction of sp³-hybridized carbons (Fsp3) is 0.533. The minimum Gasteiger partial charge on any atom is -0.481 e. The highest BCUT2D eigenvalue weighted by Crippen LogP contribution is 2.41. The van der Waals surface area contributed by atoms with Gasteiger partial charge in [-0.05, 0) is 30.0 Å². The van der Waals surface area contributed by atoms with Crippen molar-refractivity contribution < 1.29 is 9.90 Å². The Hall–Kier alpha value is -0.520. The number of rotatable bonds is 3. The van der Waals surface area contributed by atoms with E-state index in [-0.39, 0.29) is 12.5 Å². The van der Waals surface area contributed by atoms with Gasteiger partial charge in [0.05, 0.1) is 6.42 Å². The SMILES string of the molecule is O=C(O)CC1CSCCN1C1CCc2c(Br)cccc21. The summed E-state index contributed by atoms with van der Waals surface area (Å²) in [7, 11) is 0. The molecule has 0 amide bonds. The summed E-state index contributed by atoms with van der Waals surface area (Å²) in [5.41, 5.74) is 2.80. The van der Waals surface area contributed by atoms with Crippen LogP contribution in [0.5, 0.6) is 0 Å². The monoisotopic (exact) mass is 355 g/mol. The Bertz CT molecular complexity index is 523. The van der Waals surface area contributed by atoms with Crippen LogP contribution in [0.25, 0.3) is 0 Å². The molecule has 1 saturated heterocycles. The Labute approximate surface area is 131 Å². The molecule has 0 bridgehead atoms. The van der Waals surface area contributed by atoms with Crippen molar-refractivity contribution >= 4 is 33.7 Å². The Balaban J connectivity index is 1.85. The van der Waals surface area contributed by atoms with Gasteiger partial charge in [-0.25, -0.2) is 0 Å². The van der Waals surface area contributed by atoms with Gasteiger partial charge in [0.25, 0.3) is 0 Å². The lowest BCUT2D eigenvalue weighted by Gasteiger charge is -2.39. The number of benzene rings is 1. The fourth-order valence-electron chi connectivity index (χ4n) is 3.39. The summed E-state index contributed by atoms with van der Waals surface area (Å²) in [5.74, 6) is 1.36. The molecule has 1 aliphatic carbocycles. The molecule has 2 atom stereocenters. The van der Waals surface area contributed by atoms with Crippen molar-refractivity contribution in [2.75, 3.05) is 18.1 Å². The lowest BCUT2D eigenvalue weighted by Crippen LogP contribution is -2.45. The first-order chi connectivity index (χ1) is 9.66. The van der Waals surface area contributed by atoms with Crippen molar-refractivity contribution in [2.24, 2.45) is 0 Å². The number of fused-ring (bicyclic) bond motifs is 1. The van der Waals surface area contributed by atoms with Gasteiger partial charge in [-0.15, -0.1) is 0 Å². The lowest BCUT2D eigenvalue weighted by atomic mass is 10.0. The van der Waals surface area contributed by atoms with Gasteiger partial charge in [-0.1, -0.05) is 28.1 Å². The standard InChI is InChI=1S/C15H18BrNO2S/c16-13-3-1-2-12-11(13)4-5-14(12)17-6-7-20-9-10(17)8-15(18)19/h1-3,10,14H,4-9H2,(H,18,19). The first-order valence-corrected chi connectivity index (χ1v) is 8.94. The van der Waals surface area contributed by atoms with Gasteiger partial charge in [-0.2, -0.15) is 11.8 Å². The van der Waals surface area contributed by atoms with Gasteiger partial charge in [0, 0.05) is 34.6 Å². The third-order valence-electron chi connectivity index (χ3n) is 4.27. The zero-order valence-corrected chi connectivity index (χ0v) is 13.6. The molecule has 0 spiro atoms. The highest BCUT2D eigenvalue weighted by molar-refractivity contribution is 9.10. The summed E-state index contributed by atoms with van der Waals surface area (Å²) in [6.45, 7) is 0.999. The molecule has 0 aromatic heterocycles. The van der Waals surface area contributed by atoms with E-state index in [1.807, 2.05) is 11.8 Å². The van der Waals surface area contributed by atoms with Gasteiger partial charge < -0.3 is 5.11 Å². The average Bonchev–Trinajstić information content (AvgIpc) is 2.84. The number of nitrogens with zero attached hydrogens (tertiary/aromatic N) is 1. The highest BCUT2D eigenvalue weighted by Gasteiger charge is 2.35. The first-order valence-electron chi connectivity index (χ1n) is 6.99. The zero-order chi connectivity index (χ0) is 14.1. The molecular formula is C15H18BrNO2S. The number of aliphatic carboxylic acids is 1.